The smallest absolute Gasteiger partial charge is 0.251 e. The van der Waals surface area contributed by atoms with Gasteiger partial charge >= 0.3 is 0 Å². The second-order valence-corrected chi connectivity index (χ2v) is 7.44. The Morgan fingerprint density at radius 2 is 1.97 bits per heavy atom. The lowest BCUT2D eigenvalue weighted by Crippen LogP contribution is -2.43. The molecule has 3 N–H and O–H groups in total. The van der Waals surface area contributed by atoms with Crippen LogP contribution >= 0.6 is 24.0 Å². The molecule has 0 aromatic heterocycles. The second-order valence-electron chi connectivity index (χ2n) is 7.44. The van der Waals surface area contributed by atoms with Crippen LogP contribution in [-0.2, 0) is 4.74 Å². The van der Waals surface area contributed by atoms with Crippen molar-refractivity contribution in [2.24, 2.45) is 10.4 Å². The van der Waals surface area contributed by atoms with Gasteiger partial charge in [0.25, 0.3) is 5.91 Å². The number of aliphatic imine (C=N–C) groups is 1. The molecule has 6 nitrogen and oxygen atoms in total. The average molecular weight is 520 g/mol. The lowest BCUT2D eigenvalue weighted by Gasteiger charge is -2.40. The number of ether oxygens (including phenoxy) is 1. The number of rotatable bonds is 10. The molecule has 0 bridgehead atoms. The van der Waals surface area contributed by atoms with Crippen molar-refractivity contribution in [3.05, 3.63) is 35.1 Å². The fourth-order valence-electron chi connectivity index (χ4n) is 3.26. The van der Waals surface area contributed by atoms with Gasteiger partial charge in [-0.2, -0.15) is 0 Å². The molecule has 0 spiro atoms. The van der Waals surface area contributed by atoms with E-state index in [4.69, 9.17) is 9.73 Å². The molecule has 0 unspecified atom stereocenters. The van der Waals surface area contributed by atoms with Crippen LogP contribution in [0.1, 0.15) is 48.5 Å². The largest absolute Gasteiger partial charge is 0.385 e. The van der Waals surface area contributed by atoms with E-state index in [1.807, 2.05) is 6.92 Å². The van der Waals surface area contributed by atoms with Crippen molar-refractivity contribution < 1.29 is 13.9 Å². The van der Waals surface area contributed by atoms with Gasteiger partial charge in [0.2, 0.25) is 0 Å². The van der Waals surface area contributed by atoms with Crippen LogP contribution < -0.4 is 16.0 Å². The SMILES string of the molecule is CCNC(=NCC1(CCOC)CCC1)NCCNC(=O)c1ccc(C)c(F)c1.I. The Kier molecular flexibility index (Phi) is 11.5. The summed E-state index contributed by atoms with van der Waals surface area (Å²) in [5, 5.41) is 9.28. The molecular formula is C21H34FIN4O2. The van der Waals surface area contributed by atoms with Crippen LogP contribution in [0, 0.1) is 18.2 Å². The highest BCUT2D eigenvalue weighted by Crippen LogP contribution is 2.44. The fraction of sp³-hybridized carbons (Fsp3) is 0.619. The Morgan fingerprint density at radius 3 is 2.55 bits per heavy atom. The van der Waals surface area contributed by atoms with Crippen molar-refractivity contribution in [3.8, 4) is 0 Å². The van der Waals surface area contributed by atoms with Crippen molar-refractivity contribution in [2.75, 3.05) is 39.9 Å². The monoisotopic (exact) mass is 520 g/mol. The summed E-state index contributed by atoms with van der Waals surface area (Å²) in [6.07, 6.45) is 4.69. The van der Waals surface area contributed by atoms with E-state index in [1.54, 1.807) is 26.2 Å². The van der Waals surface area contributed by atoms with Crippen molar-refractivity contribution in [1.29, 1.82) is 0 Å². The molecule has 1 aliphatic rings. The first-order chi connectivity index (χ1) is 13.5. The van der Waals surface area contributed by atoms with Crippen LogP contribution in [-0.4, -0.2) is 51.8 Å². The number of amides is 1. The van der Waals surface area contributed by atoms with E-state index in [1.165, 1.54) is 25.3 Å². The van der Waals surface area contributed by atoms with E-state index >= 15 is 0 Å². The van der Waals surface area contributed by atoms with E-state index in [-0.39, 0.29) is 41.1 Å². The maximum atomic E-state index is 13.6. The summed E-state index contributed by atoms with van der Waals surface area (Å²) in [6.45, 7) is 6.97. The number of aryl methyl sites for hydroxylation is 1. The van der Waals surface area contributed by atoms with Gasteiger partial charge in [-0.15, -0.1) is 24.0 Å². The Morgan fingerprint density at radius 1 is 1.24 bits per heavy atom. The van der Waals surface area contributed by atoms with Crippen molar-refractivity contribution >= 4 is 35.8 Å². The third kappa shape index (κ3) is 8.08. The van der Waals surface area contributed by atoms with E-state index in [2.05, 4.69) is 16.0 Å². The van der Waals surface area contributed by atoms with Crippen LogP contribution in [0.5, 0.6) is 0 Å². The fourth-order valence-corrected chi connectivity index (χ4v) is 3.26. The van der Waals surface area contributed by atoms with Gasteiger partial charge < -0.3 is 20.7 Å². The zero-order valence-corrected chi connectivity index (χ0v) is 20.0. The molecule has 1 aliphatic carbocycles. The van der Waals surface area contributed by atoms with E-state index in [0.717, 1.165) is 32.1 Å². The van der Waals surface area contributed by atoms with E-state index < -0.39 is 0 Å². The first-order valence-electron chi connectivity index (χ1n) is 10.0. The number of carbonyl (C=O) groups is 1. The minimum absolute atomic E-state index is 0. The molecule has 2 rings (SSSR count). The number of hydrogen-bond acceptors (Lipinski definition) is 3. The quantitative estimate of drug-likeness (QED) is 0.192. The summed E-state index contributed by atoms with van der Waals surface area (Å²) >= 11 is 0. The Hall–Kier alpha value is -1.42. The van der Waals surface area contributed by atoms with E-state index in [0.29, 0.717) is 24.2 Å². The number of guanidine groups is 1. The van der Waals surface area contributed by atoms with Crippen LogP contribution in [0.4, 0.5) is 4.39 Å². The van der Waals surface area contributed by atoms with Crippen LogP contribution in [0.25, 0.3) is 0 Å². The third-order valence-corrected chi connectivity index (χ3v) is 5.30. The Balaban J connectivity index is 0.00000420. The van der Waals surface area contributed by atoms with Gasteiger partial charge in [-0.3, -0.25) is 9.79 Å². The summed E-state index contributed by atoms with van der Waals surface area (Å²) in [4.78, 5) is 16.9. The van der Waals surface area contributed by atoms with Crippen molar-refractivity contribution in [2.45, 2.75) is 39.5 Å². The number of halogens is 2. The molecule has 1 amide bonds. The predicted octanol–water partition coefficient (Wildman–Crippen LogP) is 3.24. The van der Waals surface area contributed by atoms with Gasteiger partial charge in [0.15, 0.2) is 5.96 Å². The molecular weight excluding hydrogens is 486 g/mol. The molecule has 0 aliphatic heterocycles. The van der Waals surface area contributed by atoms with Gasteiger partial charge in [-0.25, -0.2) is 4.39 Å². The first kappa shape index (κ1) is 25.6. The van der Waals surface area contributed by atoms with Crippen molar-refractivity contribution in [3.63, 3.8) is 0 Å². The molecule has 8 heteroatoms. The molecule has 0 radical (unpaired) electrons. The summed E-state index contributed by atoms with van der Waals surface area (Å²) in [5.74, 6) is 0.100. The summed E-state index contributed by atoms with van der Waals surface area (Å²) < 4.78 is 18.8. The summed E-state index contributed by atoms with van der Waals surface area (Å²) in [7, 11) is 1.74. The third-order valence-electron chi connectivity index (χ3n) is 5.30. The normalized spacial score (nSPS) is 15.1. The number of benzene rings is 1. The van der Waals surface area contributed by atoms with Crippen LogP contribution in [0.2, 0.25) is 0 Å². The molecule has 1 fully saturated rings. The van der Waals surface area contributed by atoms with Crippen molar-refractivity contribution in [1.82, 2.24) is 16.0 Å². The predicted molar refractivity (Wildman–Crippen MR) is 126 cm³/mol. The Labute approximate surface area is 190 Å². The standard InChI is InChI=1S/C21H33FN4O2.HI/c1-4-23-20(26-15-21(8-5-9-21)10-13-28-3)25-12-11-24-19(27)17-7-6-16(2)18(22)14-17;/h6-7,14H,4-5,8-13,15H2,1-3H3,(H,24,27)(H2,23,25,26);1H. The maximum absolute atomic E-state index is 13.6. The van der Waals surface area contributed by atoms with E-state index in [9.17, 15) is 9.18 Å². The van der Waals surface area contributed by atoms with Gasteiger partial charge in [-0.05, 0) is 56.2 Å². The molecule has 1 aromatic rings. The molecule has 164 valence electrons. The highest BCUT2D eigenvalue weighted by atomic mass is 127. The summed E-state index contributed by atoms with van der Waals surface area (Å²) in [5.41, 5.74) is 1.12. The lowest BCUT2D eigenvalue weighted by molar-refractivity contribution is 0.0778. The lowest BCUT2D eigenvalue weighted by atomic mass is 9.67. The minimum Gasteiger partial charge on any atom is -0.385 e. The zero-order valence-electron chi connectivity index (χ0n) is 17.6. The molecule has 0 atom stereocenters. The van der Waals surface area contributed by atoms with Gasteiger partial charge in [-0.1, -0.05) is 12.5 Å². The summed E-state index contributed by atoms with van der Waals surface area (Å²) in [6, 6.07) is 4.50. The maximum Gasteiger partial charge on any atom is 0.251 e. The zero-order chi connectivity index (χ0) is 20.4. The number of methoxy groups -OCH3 is 1. The number of hydrogen-bond donors (Lipinski definition) is 3. The first-order valence-corrected chi connectivity index (χ1v) is 10.0. The van der Waals surface area contributed by atoms with Gasteiger partial charge in [0, 0.05) is 45.5 Å². The highest BCUT2D eigenvalue weighted by Gasteiger charge is 2.36. The number of nitrogens with one attached hydrogen (secondary N) is 3. The minimum atomic E-state index is -0.370. The molecule has 1 saturated carbocycles. The highest BCUT2D eigenvalue weighted by molar-refractivity contribution is 14.0. The average Bonchev–Trinajstić information content (AvgIpc) is 2.65. The topological polar surface area (TPSA) is 74.8 Å². The Bertz CT molecular complexity index is 681. The second kappa shape index (κ2) is 13.0. The van der Waals surface area contributed by atoms with Gasteiger partial charge in [0.1, 0.15) is 5.82 Å². The molecule has 0 heterocycles. The molecule has 1 aromatic carbocycles. The van der Waals surface area contributed by atoms with Gasteiger partial charge in [0.05, 0.1) is 0 Å². The molecule has 0 saturated heterocycles. The number of nitrogens with zero attached hydrogens (tertiary/aromatic N) is 1. The number of carbonyl (C=O) groups excluding carboxylic acids is 1. The van der Waals surface area contributed by atoms with Crippen LogP contribution in [0.15, 0.2) is 23.2 Å². The molecule has 29 heavy (non-hydrogen) atoms. The van der Waals surface area contributed by atoms with Crippen LogP contribution in [0.3, 0.4) is 0 Å².